The average Bonchev–Trinajstić information content (AvgIpc) is 3.30. The Morgan fingerprint density at radius 3 is 2.52 bits per heavy atom. The first kappa shape index (κ1) is 24.7. The zero-order valence-electron chi connectivity index (χ0n) is 17.6. The summed E-state index contributed by atoms with van der Waals surface area (Å²) < 4.78 is 0. The van der Waals surface area contributed by atoms with Crippen LogP contribution in [0.15, 0.2) is 30.3 Å². The first-order valence-corrected chi connectivity index (χ1v) is 11.7. The largest absolute Gasteiger partial charge is 0.480 e. The number of amides is 3. The van der Waals surface area contributed by atoms with E-state index in [0.29, 0.717) is 5.75 Å². The third-order valence-corrected chi connectivity index (χ3v) is 5.60. The van der Waals surface area contributed by atoms with Gasteiger partial charge in [0.15, 0.2) is 0 Å². The van der Waals surface area contributed by atoms with Gasteiger partial charge in [-0.25, -0.2) is 4.79 Å². The summed E-state index contributed by atoms with van der Waals surface area (Å²) in [5.41, 5.74) is 0.818. The van der Waals surface area contributed by atoms with Crippen LogP contribution in [0.5, 0.6) is 0 Å². The number of aliphatic carboxylic acids is 1. The molecular formula is C21H30N4O5S. The standard InChI is InChI=1S/C21H30N4O5S/c1-31-11-9-16(21(29)30)25-20(28)17(12-14-6-3-2-4-7-14)24-18(26)13-23-19(27)15-8-5-10-22-15/h2-4,6-7,15-17,22H,5,8-13H2,1H3,(H,23,27)(H,24,26)(H,25,28)(H,29,30). The lowest BCUT2D eigenvalue weighted by Gasteiger charge is -2.22. The van der Waals surface area contributed by atoms with Gasteiger partial charge in [-0.3, -0.25) is 14.4 Å². The van der Waals surface area contributed by atoms with Gasteiger partial charge in [0, 0.05) is 6.42 Å². The molecule has 0 aliphatic carbocycles. The van der Waals surface area contributed by atoms with Gasteiger partial charge >= 0.3 is 5.97 Å². The van der Waals surface area contributed by atoms with Crippen LogP contribution in [0.3, 0.4) is 0 Å². The van der Waals surface area contributed by atoms with Gasteiger partial charge in [0.25, 0.3) is 0 Å². The van der Waals surface area contributed by atoms with Crippen LogP contribution < -0.4 is 21.3 Å². The topological polar surface area (TPSA) is 137 Å². The van der Waals surface area contributed by atoms with E-state index in [1.165, 1.54) is 11.8 Å². The first-order valence-electron chi connectivity index (χ1n) is 10.3. The second kappa shape index (κ2) is 13.0. The molecule has 0 radical (unpaired) electrons. The van der Waals surface area contributed by atoms with Crippen LogP contribution in [-0.2, 0) is 25.6 Å². The maximum Gasteiger partial charge on any atom is 0.326 e. The maximum atomic E-state index is 12.8. The van der Waals surface area contributed by atoms with Crippen molar-refractivity contribution in [3.05, 3.63) is 35.9 Å². The van der Waals surface area contributed by atoms with E-state index in [1.807, 2.05) is 36.6 Å². The van der Waals surface area contributed by atoms with Crippen molar-refractivity contribution in [2.75, 3.05) is 25.1 Å². The van der Waals surface area contributed by atoms with Crippen molar-refractivity contribution >= 4 is 35.5 Å². The number of benzene rings is 1. The molecule has 1 aromatic rings. The van der Waals surface area contributed by atoms with Crippen molar-refractivity contribution in [2.24, 2.45) is 0 Å². The number of carboxylic acids is 1. The van der Waals surface area contributed by atoms with Gasteiger partial charge in [-0.1, -0.05) is 30.3 Å². The molecule has 1 saturated heterocycles. The minimum atomic E-state index is -1.12. The molecule has 170 valence electrons. The molecule has 0 bridgehead atoms. The minimum Gasteiger partial charge on any atom is -0.480 e. The second-order valence-corrected chi connectivity index (χ2v) is 8.34. The number of nitrogens with one attached hydrogen (secondary N) is 4. The number of carbonyl (C=O) groups is 4. The highest BCUT2D eigenvalue weighted by Crippen LogP contribution is 2.07. The van der Waals surface area contributed by atoms with E-state index in [1.54, 1.807) is 0 Å². The van der Waals surface area contributed by atoms with E-state index in [9.17, 15) is 24.3 Å². The lowest BCUT2D eigenvalue weighted by Crippen LogP contribution is -2.54. The first-order chi connectivity index (χ1) is 14.9. The molecule has 1 fully saturated rings. The van der Waals surface area contributed by atoms with Crippen molar-refractivity contribution in [1.29, 1.82) is 0 Å². The normalized spacial score (nSPS) is 17.4. The Labute approximate surface area is 186 Å². The zero-order chi connectivity index (χ0) is 22.6. The molecule has 3 amide bonds. The summed E-state index contributed by atoms with van der Waals surface area (Å²) in [7, 11) is 0. The molecule has 10 heteroatoms. The Kier molecular flexibility index (Phi) is 10.3. The van der Waals surface area contributed by atoms with Gasteiger partial charge in [0.2, 0.25) is 17.7 Å². The number of hydrogen-bond donors (Lipinski definition) is 5. The Morgan fingerprint density at radius 2 is 1.90 bits per heavy atom. The molecule has 3 atom stereocenters. The third kappa shape index (κ3) is 8.58. The second-order valence-electron chi connectivity index (χ2n) is 7.36. The number of carboxylic acid groups (broad SMARTS) is 1. The van der Waals surface area contributed by atoms with E-state index in [2.05, 4.69) is 21.3 Å². The predicted molar refractivity (Wildman–Crippen MR) is 119 cm³/mol. The summed E-state index contributed by atoms with van der Waals surface area (Å²) in [6.07, 6.45) is 3.96. The molecule has 0 saturated carbocycles. The van der Waals surface area contributed by atoms with Gasteiger partial charge < -0.3 is 26.4 Å². The monoisotopic (exact) mass is 450 g/mol. The zero-order valence-corrected chi connectivity index (χ0v) is 18.4. The summed E-state index contributed by atoms with van der Waals surface area (Å²) in [5.74, 6) is -1.88. The van der Waals surface area contributed by atoms with E-state index in [0.717, 1.165) is 24.9 Å². The van der Waals surface area contributed by atoms with Crippen molar-refractivity contribution in [2.45, 2.75) is 43.8 Å². The highest BCUT2D eigenvalue weighted by atomic mass is 32.2. The Hall–Kier alpha value is -2.59. The molecule has 5 N–H and O–H groups in total. The fraction of sp³-hybridized carbons (Fsp3) is 0.524. The lowest BCUT2D eigenvalue weighted by molar-refractivity contribution is -0.142. The highest BCUT2D eigenvalue weighted by molar-refractivity contribution is 7.98. The molecule has 1 heterocycles. The SMILES string of the molecule is CSCCC(NC(=O)C(Cc1ccccc1)NC(=O)CNC(=O)C1CCCN1)C(=O)O. The molecule has 1 aromatic carbocycles. The van der Waals surface area contributed by atoms with E-state index < -0.39 is 29.9 Å². The Bertz CT molecular complexity index is 755. The molecule has 3 unspecified atom stereocenters. The van der Waals surface area contributed by atoms with Gasteiger partial charge in [-0.2, -0.15) is 11.8 Å². The smallest absolute Gasteiger partial charge is 0.326 e. The van der Waals surface area contributed by atoms with Crippen molar-refractivity contribution < 1.29 is 24.3 Å². The quantitative estimate of drug-likeness (QED) is 0.300. The number of thioether (sulfide) groups is 1. The molecule has 1 aliphatic heterocycles. The molecule has 0 spiro atoms. The van der Waals surface area contributed by atoms with Gasteiger partial charge in [0.1, 0.15) is 12.1 Å². The molecule has 2 rings (SSSR count). The fourth-order valence-electron chi connectivity index (χ4n) is 3.27. The Morgan fingerprint density at radius 1 is 1.16 bits per heavy atom. The van der Waals surface area contributed by atoms with Crippen LogP contribution in [0.25, 0.3) is 0 Å². The minimum absolute atomic E-state index is 0.200. The summed E-state index contributed by atoms with van der Waals surface area (Å²) in [6, 6.07) is 6.82. The fourth-order valence-corrected chi connectivity index (χ4v) is 3.74. The van der Waals surface area contributed by atoms with Crippen LogP contribution in [0, 0.1) is 0 Å². The summed E-state index contributed by atoms with van der Waals surface area (Å²) in [6.45, 7) is 0.509. The highest BCUT2D eigenvalue weighted by Gasteiger charge is 2.27. The van der Waals surface area contributed by atoms with Gasteiger partial charge in [-0.15, -0.1) is 0 Å². The number of carbonyl (C=O) groups excluding carboxylic acids is 3. The third-order valence-electron chi connectivity index (χ3n) is 4.96. The molecule has 0 aromatic heterocycles. The maximum absolute atomic E-state index is 12.8. The summed E-state index contributed by atoms with van der Waals surface area (Å²) in [5, 5.41) is 20.2. The van der Waals surface area contributed by atoms with Crippen molar-refractivity contribution in [3.8, 4) is 0 Å². The van der Waals surface area contributed by atoms with Crippen LogP contribution >= 0.6 is 11.8 Å². The van der Waals surface area contributed by atoms with Crippen molar-refractivity contribution in [1.82, 2.24) is 21.3 Å². The van der Waals surface area contributed by atoms with Crippen LogP contribution in [0.4, 0.5) is 0 Å². The van der Waals surface area contributed by atoms with E-state index in [4.69, 9.17) is 0 Å². The average molecular weight is 451 g/mol. The van der Waals surface area contributed by atoms with E-state index >= 15 is 0 Å². The summed E-state index contributed by atoms with van der Waals surface area (Å²) in [4.78, 5) is 48.8. The van der Waals surface area contributed by atoms with Crippen LogP contribution in [0.2, 0.25) is 0 Å². The number of rotatable bonds is 12. The molecule has 9 nitrogen and oxygen atoms in total. The van der Waals surface area contributed by atoms with Crippen molar-refractivity contribution in [3.63, 3.8) is 0 Å². The van der Waals surface area contributed by atoms with Crippen LogP contribution in [-0.4, -0.2) is 72.0 Å². The molecule has 1 aliphatic rings. The van der Waals surface area contributed by atoms with E-state index in [-0.39, 0.29) is 31.3 Å². The summed E-state index contributed by atoms with van der Waals surface area (Å²) >= 11 is 1.49. The number of hydrogen-bond acceptors (Lipinski definition) is 6. The predicted octanol–water partition coefficient (Wildman–Crippen LogP) is -0.0954. The van der Waals surface area contributed by atoms with Crippen LogP contribution in [0.1, 0.15) is 24.8 Å². The van der Waals surface area contributed by atoms with Gasteiger partial charge in [-0.05, 0) is 43.4 Å². The lowest BCUT2D eigenvalue weighted by atomic mass is 10.0. The Balaban J connectivity index is 1.99. The molecular weight excluding hydrogens is 420 g/mol. The molecule has 31 heavy (non-hydrogen) atoms. The van der Waals surface area contributed by atoms with Gasteiger partial charge in [0.05, 0.1) is 12.6 Å².